The minimum absolute atomic E-state index is 0.250. The van der Waals surface area contributed by atoms with Gasteiger partial charge in [0.2, 0.25) is 0 Å². The number of hydrogen-bond acceptors (Lipinski definition) is 7. The van der Waals surface area contributed by atoms with E-state index in [1.165, 1.54) is 25.7 Å². The summed E-state index contributed by atoms with van der Waals surface area (Å²) in [6, 6.07) is 3.19. The number of nitrogen functional groups attached to an aromatic ring is 1. The Bertz CT molecular complexity index is 839. The quantitative estimate of drug-likeness (QED) is 0.359. The van der Waals surface area contributed by atoms with Gasteiger partial charge in [0.25, 0.3) is 6.47 Å². The average Bonchev–Trinajstić information content (AvgIpc) is 3.11. The number of nitriles is 1. The highest BCUT2D eigenvalue weighted by Gasteiger charge is 2.18. The van der Waals surface area contributed by atoms with Crippen molar-refractivity contribution < 1.29 is 14.6 Å². The number of nitrogens with zero attached hydrogens (tertiary/aromatic N) is 3. The lowest BCUT2D eigenvalue weighted by Gasteiger charge is -2.23. The molecule has 30 heavy (non-hydrogen) atoms. The molecule has 1 aliphatic rings. The Balaban J connectivity index is 0.00000101. The van der Waals surface area contributed by atoms with Crippen molar-refractivity contribution in [2.75, 3.05) is 18.9 Å². The van der Waals surface area contributed by atoms with Crippen LogP contribution in [0.1, 0.15) is 69.5 Å². The average molecular weight is 417 g/mol. The molecule has 9 heteroatoms. The minimum Gasteiger partial charge on any atom is -0.483 e. The van der Waals surface area contributed by atoms with Crippen LogP contribution < -0.4 is 15.8 Å². The molecule has 0 amide bonds. The van der Waals surface area contributed by atoms with Crippen molar-refractivity contribution in [2.45, 2.75) is 70.8 Å². The number of nitrogens with two attached hydrogens (primary N) is 1. The van der Waals surface area contributed by atoms with Crippen LogP contribution in [-0.4, -0.2) is 45.7 Å². The SMILES string of the molecule is CCCCOc1nc(N)c2[nH]c(C#N)c(CCCCC3CCCCN3)c2n1.O=CO. The third-order valence-corrected chi connectivity index (χ3v) is 5.24. The Morgan fingerprint density at radius 1 is 1.33 bits per heavy atom. The minimum atomic E-state index is -0.250. The molecule has 0 saturated carbocycles. The molecule has 1 aliphatic heterocycles. The number of aromatic nitrogens is 3. The maximum atomic E-state index is 9.50. The molecule has 5 N–H and O–H groups in total. The Morgan fingerprint density at radius 3 is 2.80 bits per heavy atom. The van der Waals surface area contributed by atoms with E-state index in [1.54, 1.807) is 0 Å². The lowest BCUT2D eigenvalue weighted by molar-refractivity contribution is -0.122. The van der Waals surface area contributed by atoms with E-state index in [4.69, 9.17) is 20.4 Å². The maximum absolute atomic E-state index is 9.50. The number of ether oxygens (including phenoxy) is 1. The molecule has 1 atom stereocenters. The molecule has 3 heterocycles. The van der Waals surface area contributed by atoms with Crippen LogP contribution in [0.25, 0.3) is 11.0 Å². The Labute approximate surface area is 177 Å². The van der Waals surface area contributed by atoms with Crippen LogP contribution >= 0.6 is 0 Å². The fourth-order valence-corrected chi connectivity index (χ4v) is 3.69. The summed E-state index contributed by atoms with van der Waals surface area (Å²) in [5.74, 6) is 0.334. The van der Waals surface area contributed by atoms with Crippen molar-refractivity contribution in [1.82, 2.24) is 20.3 Å². The van der Waals surface area contributed by atoms with Crippen molar-refractivity contribution in [3.8, 4) is 12.1 Å². The second-order valence-corrected chi connectivity index (χ2v) is 7.41. The molecule has 9 nitrogen and oxygen atoms in total. The van der Waals surface area contributed by atoms with E-state index in [-0.39, 0.29) is 6.47 Å². The highest BCUT2D eigenvalue weighted by Crippen LogP contribution is 2.27. The van der Waals surface area contributed by atoms with Crippen molar-refractivity contribution in [1.29, 1.82) is 5.26 Å². The number of rotatable bonds is 9. The molecule has 0 bridgehead atoms. The molecular formula is C21H32N6O3. The third-order valence-electron chi connectivity index (χ3n) is 5.24. The fourth-order valence-electron chi connectivity index (χ4n) is 3.69. The number of anilines is 1. The van der Waals surface area contributed by atoms with E-state index in [2.05, 4.69) is 33.3 Å². The van der Waals surface area contributed by atoms with Gasteiger partial charge in [0.15, 0.2) is 5.82 Å². The second-order valence-electron chi connectivity index (χ2n) is 7.41. The molecule has 1 fully saturated rings. The molecule has 2 aromatic rings. The number of carboxylic acid groups (broad SMARTS) is 1. The summed E-state index contributed by atoms with van der Waals surface area (Å²) in [5.41, 5.74) is 8.90. The summed E-state index contributed by atoms with van der Waals surface area (Å²) in [7, 11) is 0. The number of hydrogen-bond donors (Lipinski definition) is 4. The van der Waals surface area contributed by atoms with E-state index in [9.17, 15) is 5.26 Å². The zero-order chi connectivity index (χ0) is 21.8. The number of aromatic amines is 1. The molecule has 3 rings (SSSR count). The second kappa shape index (κ2) is 12.6. The molecule has 2 aromatic heterocycles. The van der Waals surface area contributed by atoms with E-state index < -0.39 is 0 Å². The van der Waals surface area contributed by atoms with Crippen LogP contribution in [0.5, 0.6) is 6.01 Å². The number of aryl methyl sites for hydroxylation is 1. The third kappa shape index (κ3) is 6.59. The summed E-state index contributed by atoms with van der Waals surface area (Å²) in [6.45, 7) is 3.57. The lowest BCUT2D eigenvalue weighted by atomic mass is 9.98. The van der Waals surface area contributed by atoms with Crippen LogP contribution in [-0.2, 0) is 11.2 Å². The topological polar surface area (TPSA) is 150 Å². The first-order chi connectivity index (χ1) is 14.6. The van der Waals surface area contributed by atoms with E-state index in [0.717, 1.165) is 49.7 Å². The molecule has 0 aliphatic carbocycles. The van der Waals surface area contributed by atoms with Crippen LogP contribution in [0, 0.1) is 11.3 Å². The van der Waals surface area contributed by atoms with Gasteiger partial charge in [-0.05, 0) is 45.1 Å². The van der Waals surface area contributed by atoms with Crippen molar-refractivity contribution in [3.63, 3.8) is 0 Å². The summed E-state index contributed by atoms with van der Waals surface area (Å²) >= 11 is 0. The van der Waals surface area contributed by atoms with E-state index in [1.807, 2.05) is 0 Å². The zero-order valence-electron chi connectivity index (χ0n) is 17.6. The molecular weight excluding hydrogens is 384 g/mol. The van der Waals surface area contributed by atoms with Crippen LogP contribution in [0.2, 0.25) is 0 Å². The summed E-state index contributed by atoms with van der Waals surface area (Å²) in [4.78, 5) is 20.2. The predicted octanol–water partition coefficient (Wildman–Crippen LogP) is 3.15. The number of carbonyl (C=O) groups is 1. The molecule has 1 saturated heterocycles. The van der Waals surface area contributed by atoms with E-state index in [0.29, 0.717) is 35.7 Å². The highest BCUT2D eigenvalue weighted by atomic mass is 16.5. The van der Waals surface area contributed by atoms with Crippen LogP contribution in [0.3, 0.4) is 0 Å². The van der Waals surface area contributed by atoms with Crippen molar-refractivity contribution in [3.05, 3.63) is 11.3 Å². The number of piperidine rings is 1. The fraction of sp³-hybridized carbons (Fsp3) is 0.619. The lowest BCUT2D eigenvalue weighted by Crippen LogP contribution is -2.33. The van der Waals surface area contributed by atoms with Crippen molar-refractivity contribution in [2.24, 2.45) is 0 Å². The van der Waals surface area contributed by atoms with Gasteiger partial charge < -0.3 is 25.9 Å². The summed E-state index contributed by atoms with van der Waals surface area (Å²) in [5, 5.41) is 20.0. The summed E-state index contributed by atoms with van der Waals surface area (Å²) < 4.78 is 5.63. The number of H-pyrrole nitrogens is 1. The number of nitrogens with one attached hydrogen (secondary N) is 2. The largest absolute Gasteiger partial charge is 0.483 e. The van der Waals surface area contributed by atoms with Gasteiger partial charge in [0.05, 0.1) is 6.61 Å². The van der Waals surface area contributed by atoms with Gasteiger partial charge in [0.1, 0.15) is 22.8 Å². The van der Waals surface area contributed by atoms with Gasteiger partial charge in [-0.1, -0.05) is 26.2 Å². The standard InChI is InChI=1S/C20H30N6O.CH2O2/c1-2-3-12-27-20-25-17-15(16(13-21)24-18(17)19(22)26-20)10-5-4-8-14-9-6-7-11-23-14;2-1-3/h14,23-24H,2-12H2,1H3,(H2,22,25,26);1H,(H,2,3). The smallest absolute Gasteiger partial charge is 0.319 e. The number of fused-ring (bicyclic) bond motifs is 1. The van der Waals surface area contributed by atoms with Gasteiger partial charge in [-0.25, -0.2) is 0 Å². The molecule has 0 spiro atoms. The summed E-state index contributed by atoms with van der Waals surface area (Å²) in [6.07, 6.45) is 10.0. The van der Waals surface area contributed by atoms with Crippen LogP contribution in [0.15, 0.2) is 0 Å². The van der Waals surface area contributed by atoms with Gasteiger partial charge in [-0.3, -0.25) is 4.79 Å². The normalized spacial score (nSPS) is 15.8. The molecule has 0 radical (unpaired) electrons. The Kier molecular flexibility index (Phi) is 9.87. The Hall–Kier alpha value is -2.86. The molecule has 164 valence electrons. The first-order valence-electron chi connectivity index (χ1n) is 10.7. The van der Waals surface area contributed by atoms with Gasteiger partial charge in [0, 0.05) is 11.6 Å². The van der Waals surface area contributed by atoms with E-state index >= 15 is 0 Å². The molecule has 0 aromatic carbocycles. The van der Waals surface area contributed by atoms with Crippen LogP contribution in [0.4, 0.5) is 5.82 Å². The highest BCUT2D eigenvalue weighted by molar-refractivity contribution is 5.89. The van der Waals surface area contributed by atoms with Gasteiger partial charge in [-0.2, -0.15) is 15.2 Å². The number of unbranched alkanes of at least 4 members (excludes halogenated alkanes) is 2. The molecule has 1 unspecified atom stereocenters. The monoisotopic (exact) mass is 416 g/mol. The first-order valence-corrected chi connectivity index (χ1v) is 10.7. The van der Waals surface area contributed by atoms with Gasteiger partial charge in [-0.15, -0.1) is 0 Å². The van der Waals surface area contributed by atoms with Gasteiger partial charge >= 0.3 is 6.01 Å². The zero-order valence-corrected chi connectivity index (χ0v) is 17.6. The van der Waals surface area contributed by atoms with Crippen molar-refractivity contribution >= 4 is 23.3 Å². The Morgan fingerprint density at radius 2 is 2.13 bits per heavy atom. The maximum Gasteiger partial charge on any atom is 0.319 e. The predicted molar refractivity (Wildman–Crippen MR) is 115 cm³/mol. The first kappa shape index (κ1) is 23.4.